The standard InChI is InChI=1S/C20H25FN4/c1-22-16-7-9-17(10-8-16)24-20-23-12-18(21)19(25-20)15-4-2-3-14(11-15)13-5-6-13/h2-4,11-13,16-17,22H,5-10H2,1H3,(H,23,24,25)/t16-,17-. The van der Waals surface area contributed by atoms with Crippen LogP contribution in [0.25, 0.3) is 11.3 Å². The minimum absolute atomic E-state index is 0.362. The van der Waals surface area contributed by atoms with Crippen LogP contribution in [0.4, 0.5) is 10.3 Å². The van der Waals surface area contributed by atoms with E-state index in [0.29, 0.717) is 29.6 Å². The molecule has 4 rings (SSSR count). The fourth-order valence-electron chi connectivity index (χ4n) is 3.70. The van der Waals surface area contributed by atoms with Gasteiger partial charge in [0.25, 0.3) is 0 Å². The van der Waals surface area contributed by atoms with Gasteiger partial charge in [-0.25, -0.2) is 14.4 Å². The zero-order valence-electron chi connectivity index (χ0n) is 14.6. The molecule has 1 aromatic heterocycles. The minimum Gasteiger partial charge on any atom is -0.351 e. The summed E-state index contributed by atoms with van der Waals surface area (Å²) < 4.78 is 14.3. The van der Waals surface area contributed by atoms with Gasteiger partial charge in [-0.15, -0.1) is 0 Å². The van der Waals surface area contributed by atoms with Crippen molar-refractivity contribution in [3.8, 4) is 11.3 Å². The Balaban J connectivity index is 1.52. The van der Waals surface area contributed by atoms with Crippen LogP contribution in [0, 0.1) is 5.82 Å². The monoisotopic (exact) mass is 340 g/mol. The molecule has 0 spiro atoms. The summed E-state index contributed by atoms with van der Waals surface area (Å²) in [6.45, 7) is 0. The van der Waals surface area contributed by atoms with Gasteiger partial charge in [-0.1, -0.05) is 18.2 Å². The Bertz CT molecular complexity index is 736. The molecule has 0 radical (unpaired) electrons. The van der Waals surface area contributed by atoms with Gasteiger partial charge in [0.1, 0.15) is 5.69 Å². The fraction of sp³-hybridized carbons (Fsp3) is 0.500. The van der Waals surface area contributed by atoms with Crippen molar-refractivity contribution in [2.24, 2.45) is 0 Å². The molecule has 4 nitrogen and oxygen atoms in total. The Morgan fingerprint density at radius 1 is 1.04 bits per heavy atom. The van der Waals surface area contributed by atoms with Crippen LogP contribution >= 0.6 is 0 Å². The van der Waals surface area contributed by atoms with E-state index in [1.807, 2.05) is 19.2 Å². The number of halogens is 1. The Morgan fingerprint density at radius 2 is 1.80 bits per heavy atom. The second-order valence-corrected chi connectivity index (χ2v) is 7.27. The van der Waals surface area contributed by atoms with E-state index in [0.717, 1.165) is 31.2 Å². The summed E-state index contributed by atoms with van der Waals surface area (Å²) in [5, 5.41) is 6.73. The molecular weight excluding hydrogens is 315 g/mol. The number of rotatable bonds is 5. The summed E-state index contributed by atoms with van der Waals surface area (Å²) in [5.41, 5.74) is 2.52. The van der Waals surface area contributed by atoms with Crippen LogP contribution in [0.3, 0.4) is 0 Å². The summed E-state index contributed by atoms with van der Waals surface area (Å²) in [7, 11) is 2.02. The zero-order valence-corrected chi connectivity index (χ0v) is 14.6. The highest BCUT2D eigenvalue weighted by Gasteiger charge is 2.24. The molecule has 2 saturated carbocycles. The highest BCUT2D eigenvalue weighted by Crippen LogP contribution is 2.41. The molecule has 132 valence electrons. The van der Waals surface area contributed by atoms with Gasteiger partial charge in [-0.05, 0) is 63.1 Å². The number of nitrogens with zero attached hydrogens (tertiary/aromatic N) is 2. The first kappa shape index (κ1) is 16.5. The summed E-state index contributed by atoms with van der Waals surface area (Å²) in [6, 6.07) is 9.09. The van der Waals surface area contributed by atoms with Gasteiger partial charge in [0, 0.05) is 17.6 Å². The molecule has 25 heavy (non-hydrogen) atoms. The molecule has 1 heterocycles. The first-order chi connectivity index (χ1) is 12.2. The molecule has 1 aromatic carbocycles. The number of anilines is 1. The summed E-state index contributed by atoms with van der Waals surface area (Å²) >= 11 is 0. The van der Waals surface area contributed by atoms with Crippen LogP contribution in [0.1, 0.15) is 50.0 Å². The molecule has 0 unspecified atom stereocenters. The van der Waals surface area contributed by atoms with E-state index in [2.05, 4.69) is 32.7 Å². The van der Waals surface area contributed by atoms with Crippen molar-refractivity contribution in [2.75, 3.05) is 12.4 Å². The summed E-state index contributed by atoms with van der Waals surface area (Å²) in [4.78, 5) is 8.64. The molecule has 0 aliphatic heterocycles. The lowest BCUT2D eigenvalue weighted by Crippen LogP contribution is -2.35. The van der Waals surface area contributed by atoms with Crippen molar-refractivity contribution in [1.29, 1.82) is 0 Å². The second-order valence-electron chi connectivity index (χ2n) is 7.27. The molecule has 5 heteroatoms. The topological polar surface area (TPSA) is 49.8 Å². The van der Waals surface area contributed by atoms with Crippen LogP contribution in [-0.4, -0.2) is 29.1 Å². The predicted molar refractivity (Wildman–Crippen MR) is 98.1 cm³/mol. The van der Waals surface area contributed by atoms with Gasteiger partial charge >= 0.3 is 0 Å². The van der Waals surface area contributed by atoms with Gasteiger partial charge in [-0.3, -0.25) is 0 Å². The number of aromatic nitrogens is 2. The molecular formula is C20H25FN4. The van der Waals surface area contributed by atoms with Crippen LogP contribution in [0.5, 0.6) is 0 Å². The highest BCUT2D eigenvalue weighted by molar-refractivity contribution is 5.62. The van der Waals surface area contributed by atoms with Crippen LogP contribution in [0.2, 0.25) is 0 Å². The molecule has 0 bridgehead atoms. The first-order valence-electron chi connectivity index (χ1n) is 9.29. The minimum atomic E-state index is -0.364. The Labute approximate surface area is 148 Å². The van der Waals surface area contributed by atoms with Gasteiger partial charge in [0.05, 0.1) is 6.20 Å². The first-order valence-corrected chi connectivity index (χ1v) is 9.29. The Kier molecular flexibility index (Phi) is 4.66. The lowest BCUT2D eigenvalue weighted by Gasteiger charge is -2.28. The molecule has 2 aliphatic rings. The maximum Gasteiger partial charge on any atom is 0.223 e. The van der Waals surface area contributed by atoms with Gasteiger partial charge in [0.2, 0.25) is 5.95 Å². The summed E-state index contributed by atoms with van der Waals surface area (Å²) in [5.74, 6) is 0.809. The van der Waals surface area contributed by atoms with Crippen LogP contribution in [-0.2, 0) is 0 Å². The average molecular weight is 340 g/mol. The average Bonchev–Trinajstić information content (AvgIpc) is 3.49. The maximum absolute atomic E-state index is 14.3. The van der Waals surface area contributed by atoms with Crippen molar-refractivity contribution < 1.29 is 4.39 Å². The predicted octanol–water partition coefficient (Wildman–Crippen LogP) is 4.10. The summed E-state index contributed by atoms with van der Waals surface area (Å²) in [6.07, 6.45) is 8.21. The Hall–Kier alpha value is -2.01. The molecule has 0 amide bonds. The molecule has 2 aromatic rings. The van der Waals surface area contributed by atoms with Crippen molar-refractivity contribution in [3.63, 3.8) is 0 Å². The lowest BCUT2D eigenvalue weighted by molar-refractivity contribution is 0.370. The van der Waals surface area contributed by atoms with Crippen molar-refractivity contribution in [3.05, 3.63) is 41.8 Å². The van der Waals surface area contributed by atoms with E-state index < -0.39 is 0 Å². The fourth-order valence-corrected chi connectivity index (χ4v) is 3.70. The van der Waals surface area contributed by atoms with Gasteiger partial charge in [-0.2, -0.15) is 0 Å². The normalized spacial score (nSPS) is 23.4. The van der Waals surface area contributed by atoms with E-state index in [-0.39, 0.29) is 5.82 Å². The van der Waals surface area contributed by atoms with Crippen molar-refractivity contribution >= 4 is 5.95 Å². The van der Waals surface area contributed by atoms with Crippen LogP contribution in [0.15, 0.2) is 30.5 Å². The third-order valence-corrected chi connectivity index (χ3v) is 5.42. The third kappa shape index (κ3) is 3.82. The number of hydrogen-bond donors (Lipinski definition) is 2. The molecule has 2 N–H and O–H groups in total. The highest BCUT2D eigenvalue weighted by atomic mass is 19.1. The maximum atomic E-state index is 14.3. The van der Waals surface area contributed by atoms with Crippen molar-refractivity contribution in [2.45, 2.75) is 56.5 Å². The number of benzene rings is 1. The number of hydrogen-bond acceptors (Lipinski definition) is 4. The van der Waals surface area contributed by atoms with Crippen LogP contribution < -0.4 is 10.6 Å². The Morgan fingerprint density at radius 3 is 2.52 bits per heavy atom. The van der Waals surface area contributed by atoms with E-state index in [9.17, 15) is 4.39 Å². The quantitative estimate of drug-likeness (QED) is 0.860. The molecule has 0 saturated heterocycles. The second kappa shape index (κ2) is 7.08. The molecule has 2 aliphatic carbocycles. The molecule has 2 fully saturated rings. The zero-order chi connectivity index (χ0) is 17.2. The largest absolute Gasteiger partial charge is 0.351 e. The van der Waals surface area contributed by atoms with E-state index >= 15 is 0 Å². The van der Waals surface area contributed by atoms with Crippen molar-refractivity contribution in [1.82, 2.24) is 15.3 Å². The van der Waals surface area contributed by atoms with Gasteiger partial charge < -0.3 is 10.6 Å². The van der Waals surface area contributed by atoms with Gasteiger partial charge in [0.15, 0.2) is 5.82 Å². The van der Waals surface area contributed by atoms with E-state index in [1.54, 1.807) is 0 Å². The molecule has 0 atom stereocenters. The smallest absolute Gasteiger partial charge is 0.223 e. The number of nitrogens with one attached hydrogen (secondary N) is 2. The van der Waals surface area contributed by atoms with E-state index in [1.165, 1.54) is 24.6 Å². The lowest BCUT2D eigenvalue weighted by atomic mass is 9.91. The third-order valence-electron chi connectivity index (χ3n) is 5.42. The van der Waals surface area contributed by atoms with E-state index in [4.69, 9.17) is 0 Å². The SMILES string of the molecule is CN[C@H]1CC[C@H](Nc2ncc(F)c(-c3cccc(C4CC4)c3)n2)CC1.